The molecule has 3 aromatic carbocycles. The molecule has 0 spiro atoms. The Morgan fingerprint density at radius 2 is 1.78 bits per heavy atom. The molecule has 0 atom stereocenters. The second-order valence-corrected chi connectivity index (χ2v) is 9.44. The average molecular weight is 559 g/mol. The maximum atomic E-state index is 12.9. The summed E-state index contributed by atoms with van der Waals surface area (Å²) in [5.41, 5.74) is 1.07. The summed E-state index contributed by atoms with van der Waals surface area (Å²) in [5.74, 6) is -0.902. The SMILES string of the molecule is COc1cc(/C=C2\SC(=O)N(Cc3ccc(Cl)cc3Cl)C2=O)ccc1OC(=O)c1ccc([N+](=O)[O-])cc1. The largest absolute Gasteiger partial charge is 0.493 e. The summed E-state index contributed by atoms with van der Waals surface area (Å²) in [6.07, 6.45) is 1.53. The van der Waals surface area contributed by atoms with E-state index in [-0.39, 0.29) is 34.2 Å². The predicted octanol–water partition coefficient (Wildman–Crippen LogP) is 6.37. The molecule has 0 N–H and O–H groups in total. The summed E-state index contributed by atoms with van der Waals surface area (Å²) in [7, 11) is 1.38. The molecule has 37 heavy (non-hydrogen) atoms. The van der Waals surface area contributed by atoms with E-state index in [0.717, 1.165) is 16.7 Å². The van der Waals surface area contributed by atoms with Gasteiger partial charge in [0.1, 0.15) is 0 Å². The topological polar surface area (TPSA) is 116 Å². The Bertz CT molecular complexity index is 1460. The molecule has 0 aromatic heterocycles. The van der Waals surface area contributed by atoms with Crippen molar-refractivity contribution in [2.75, 3.05) is 7.11 Å². The Morgan fingerprint density at radius 3 is 2.43 bits per heavy atom. The molecule has 0 saturated carbocycles. The number of carbonyl (C=O) groups excluding carboxylic acids is 3. The van der Waals surface area contributed by atoms with Gasteiger partial charge in [-0.3, -0.25) is 24.6 Å². The highest BCUT2D eigenvalue weighted by molar-refractivity contribution is 8.18. The number of amides is 2. The number of esters is 1. The van der Waals surface area contributed by atoms with Gasteiger partial charge in [-0.25, -0.2) is 4.79 Å². The number of carbonyl (C=O) groups is 3. The number of benzene rings is 3. The van der Waals surface area contributed by atoms with Crippen LogP contribution in [0.4, 0.5) is 10.5 Å². The number of nitro groups is 1. The lowest BCUT2D eigenvalue weighted by Crippen LogP contribution is -2.27. The molecule has 1 fully saturated rings. The van der Waals surface area contributed by atoms with Gasteiger partial charge < -0.3 is 9.47 Å². The van der Waals surface area contributed by atoms with Crippen molar-refractivity contribution >= 4 is 63.8 Å². The zero-order valence-electron chi connectivity index (χ0n) is 19.0. The third-order valence-electron chi connectivity index (χ3n) is 5.22. The van der Waals surface area contributed by atoms with E-state index in [2.05, 4.69) is 0 Å². The van der Waals surface area contributed by atoms with Gasteiger partial charge in [0.05, 0.1) is 29.0 Å². The Kier molecular flexibility index (Phi) is 7.82. The van der Waals surface area contributed by atoms with Crippen molar-refractivity contribution in [3.8, 4) is 11.5 Å². The number of nitro benzene ring substituents is 1. The van der Waals surface area contributed by atoms with Gasteiger partial charge in [0.2, 0.25) is 0 Å². The molecular formula is C25H16Cl2N2O7S. The number of rotatable bonds is 7. The normalized spacial score (nSPS) is 14.2. The van der Waals surface area contributed by atoms with Crippen molar-refractivity contribution in [1.82, 2.24) is 4.90 Å². The van der Waals surface area contributed by atoms with Crippen LogP contribution in [0.15, 0.2) is 65.6 Å². The van der Waals surface area contributed by atoms with Crippen LogP contribution in [0, 0.1) is 10.1 Å². The molecule has 0 aliphatic carbocycles. The molecule has 1 saturated heterocycles. The van der Waals surface area contributed by atoms with E-state index < -0.39 is 22.0 Å². The van der Waals surface area contributed by atoms with Crippen molar-refractivity contribution < 1.29 is 28.8 Å². The van der Waals surface area contributed by atoms with Crippen molar-refractivity contribution in [3.63, 3.8) is 0 Å². The molecule has 9 nitrogen and oxygen atoms in total. The smallest absolute Gasteiger partial charge is 0.343 e. The first-order valence-electron chi connectivity index (χ1n) is 10.5. The Labute approximate surface area is 224 Å². The van der Waals surface area contributed by atoms with E-state index in [1.165, 1.54) is 49.6 Å². The minimum absolute atomic E-state index is 0.00113. The molecule has 1 aliphatic rings. The number of hydrogen-bond donors (Lipinski definition) is 0. The van der Waals surface area contributed by atoms with E-state index in [4.69, 9.17) is 32.7 Å². The van der Waals surface area contributed by atoms with E-state index in [0.29, 0.717) is 21.2 Å². The number of methoxy groups -OCH3 is 1. The van der Waals surface area contributed by atoms with Gasteiger partial charge in [-0.05, 0) is 65.4 Å². The van der Waals surface area contributed by atoms with Gasteiger partial charge in [0.15, 0.2) is 11.5 Å². The number of halogens is 2. The summed E-state index contributed by atoms with van der Waals surface area (Å²) in [6.45, 7) is -0.00113. The van der Waals surface area contributed by atoms with Crippen LogP contribution < -0.4 is 9.47 Å². The minimum Gasteiger partial charge on any atom is -0.493 e. The first kappa shape index (κ1) is 26.2. The lowest BCUT2D eigenvalue weighted by Gasteiger charge is -2.13. The van der Waals surface area contributed by atoms with Crippen LogP contribution in [0.3, 0.4) is 0 Å². The summed E-state index contributed by atoms with van der Waals surface area (Å²) in [6, 6.07) is 14.4. The first-order valence-corrected chi connectivity index (χ1v) is 12.1. The van der Waals surface area contributed by atoms with Gasteiger partial charge in [0, 0.05) is 22.2 Å². The second kappa shape index (κ2) is 11.0. The highest BCUT2D eigenvalue weighted by Gasteiger charge is 2.35. The number of imide groups is 1. The van der Waals surface area contributed by atoms with Crippen LogP contribution in [0.2, 0.25) is 10.0 Å². The van der Waals surface area contributed by atoms with Crippen LogP contribution in [0.1, 0.15) is 21.5 Å². The van der Waals surface area contributed by atoms with E-state index in [9.17, 15) is 24.5 Å². The maximum Gasteiger partial charge on any atom is 0.343 e. The zero-order chi connectivity index (χ0) is 26.7. The lowest BCUT2D eigenvalue weighted by atomic mass is 10.1. The fourth-order valence-electron chi connectivity index (χ4n) is 3.34. The van der Waals surface area contributed by atoms with Crippen LogP contribution in [0.5, 0.6) is 11.5 Å². The van der Waals surface area contributed by atoms with Crippen LogP contribution in [-0.4, -0.2) is 34.0 Å². The van der Waals surface area contributed by atoms with Crippen molar-refractivity contribution in [1.29, 1.82) is 0 Å². The first-order chi connectivity index (χ1) is 17.7. The lowest BCUT2D eigenvalue weighted by molar-refractivity contribution is -0.384. The van der Waals surface area contributed by atoms with Crippen molar-refractivity contribution in [3.05, 3.63) is 102 Å². The number of non-ortho nitro benzene ring substituents is 1. The predicted molar refractivity (Wildman–Crippen MR) is 139 cm³/mol. The summed E-state index contributed by atoms with van der Waals surface area (Å²) in [4.78, 5) is 49.4. The van der Waals surface area contributed by atoms with E-state index >= 15 is 0 Å². The number of nitrogens with zero attached hydrogens (tertiary/aromatic N) is 2. The standard InChI is InChI=1S/C25H16Cl2N2O7S/c1-35-21-10-14(2-9-20(21)36-24(31)15-4-7-18(8-5-15)29(33)34)11-22-23(30)28(25(32)37-22)13-16-3-6-17(26)12-19(16)27/h2-12H,13H2,1H3/b22-11-. The van der Waals surface area contributed by atoms with Crippen LogP contribution >= 0.6 is 35.0 Å². The molecule has 4 rings (SSSR count). The molecule has 1 heterocycles. The number of thioether (sulfide) groups is 1. The molecule has 0 radical (unpaired) electrons. The fraction of sp³-hybridized carbons (Fsp3) is 0.0800. The van der Waals surface area contributed by atoms with Crippen LogP contribution in [0.25, 0.3) is 6.08 Å². The number of hydrogen-bond acceptors (Lipinski definition) is 8. The highest BCUT2D eigenvalue weighted by Crippen LogP contribution is 2.36. The summed E-state index contributed by atoms with van der Waals surface area (Å²) >= 11 is 12.9. The molecule has 3 aromatic rings. The molecule has 12 heteroatoms. The molecule has 0 unspecified atom stereocenters. The van der Waals surface area contributed by atoms with Gasteiger partial charge in [-0.2, -0.15) is 0 Å². The van der Waals surface area contributed by atoms with Gasteiger partial charge in [0.25, 0.3) is 16.8 Å². The molecule has 188 valence electrons. The molecular weight excluding hydrogens is 543 g/mol. The molecule has 0 bridgehead atoms. The van der Waals surface area contributed by atoms with Gasteiger partial charge in [-0.15, -0.1) is 0 Å². The monoisotopic (exact) mass is 558 g/mol. The van der Waals surface area contributed by atoms with Crippen molar-refractivity contribution in [2.24, 2.45) is 0 Å². The quantitative estimate of drug-likeness (QED) is 0.108. The van der Waals surface area contributed by atoms with Gasteiger partial charge in [-0.1, -0.05) is 35.3 Å². The Morgan fingerprint density at radius 1 is 1.05 bits per heavy atom. The van der Waals surface area contributed by atoms with Crippen LogP contribution in [-0.2, 0) is 11.3 Å². The average Bonchev–Trinajstić information content (AvgIpc) is 3.13. The zero-order valence-corrected chi connectivity index (χ0v) is 21.3. The van der Waals surface area contributed by atoms with Gasteiger partial charge >= 0.3 is 5.97 Å². The molecule has 2 amide bonds. The number of ether oxygens (including phenoxy) is 2. The van der Waals surface area contributed by atoms with E-state index in [1.54, 1.807) is 24.3 Å². The van der Waals surface area contributed by atoms with Crippen molar-refractivity contribution in [2.45, 2.75) is 6.54 Å². The second-order valence-electron chi connectivity index (χ2n) is 7.61. The summed E-state index contributed by atoms with van der Waals surface area (Å²) in [5, 5.41) is 11.1. The third-order valence-corrected chi connectivity index (χ3v) is 6.71. The highest BCUT2D eigenvalue weighted by atomic mass is 35.5. The Balaban J connectivity index is 1.50. The van der Waals surface area contributed by atoms with E-state index in [1.807, 2.05) is 0 Å². The molecule has 1 aliphatic heterocycles. The fourth-order valence-corrected chi connectivity index (χ4v) is 4.65. The maximum absolute atomic E-state index is 12.9. The summed E-state index contributed by atoms with van der Waals surface area (Å²) < 4.78 is 10.7. The third kappa shape index (κ3) is 5.93. The minimum atomic E-state index is -0.733. The Hall–Kier alpha value is -3.86.